The summed E-state index contributed by atoms with van der Waals surface area (Å²) < 4.78 is 44.7. The zero-order valence-corrected chi connectivity index (χ0v) is 35.2. The number of phosphoric ester groups is 1. The van der Waals surface area contributed by atoms with Crippen molar-refractivity contribution in [3.63, 3.8) is 0 Å². The summed E-state index contributed by atoms with van der Waals surface area (Å²) in [5, 5.41) is 0. The highest BCUT2D eigenvalue weighted by Gasteiger charge is 2.36. The number of aryl methyl sites for hydroxylation is 2. The standard InChI is InChI=1S/C43H72NO10P/c1-5-7-8-9-10-11-12-13-14-15-19-22-27-40-41(54-40)28-24-30-42(45)49-33-37(34-51-55(47,48)50-32-31-44)52-43(46)29-23-20-17-16-18-21-26-39-36(4)35(3)38(53-39)25-6-2/h10-11,13-14,19,22,37,40-41H,5-9,12,15-18,20-21,23-34,44H2,1-4H3,(H,47,48)/b11-10-,14-13-,22-19-/t37-,40?,41?/m1/s1. The molecule has 4 atom stereocenters. The van der Waals surface area contributed by atoms with Crippen LogP contribution in [-0.2, 0) is 50.3 Å². The number of epoxide rings is 1. The van der Waals surface area contributed by atoms with Gasteiger partial charge in [-0.15, -0.1) is 0 Å². The van der Waals surface area contributed by atoms with E-state index in [0.29, 0.717) is 12.8 Å². The summed E-state index contributed by atoms with van der Waals surface area (Å²) in [6.07, 6.45) is 30.6. The molecule has 0 bridgehead atoms. The van der Waals surface area contributed by atoms with E-state index in [0.717, 1.165) is 95.0 Å². The van der Waals surface area contributed by atoms with Crippen LogP contribution in [0.1, 0.15) is 152 Å². The summed E-state index contributed by atoms with van der Waals surface area (Å²) in [5.74, 6) is 1.28. The van der Waals surface area contributed by atoms with Gasteiger partial charge in [0.2, 0.25) is 0 Å². The van der Waals surface area contributed by atoms with Crippen LogP contribution in [0.2, 0.25) is 0 Å². The van der Waals surface area contributed by atoms with E-state index < -0.39 is 32.5 Å². The summed E-state index contributed by atoms with van der Waals surface area (Å²) in [6.45, 7) is 7.75. The monoisotopic (exact) mass is 793 g/mol. The van der Waals surface area contributed by atoms with E-state index in [-0.39, 0.29) is 44.8 Å². The van der Waals surface area contributed by atoms with E-state index >= 15 is 0 Å². The van der Waals surface area contributed by atoms with Crippen LogP contribution in [-0.4, -0.2) is 61.5 Å². The van der Waals surface area contributed by atoms with E-state index in [4.69, 9.17) is 33.4 Å². The third kappa shape index (κ3) is 23.3. The minimum atomic E-state index is -4.41. The lowest BCUT2D eigenvalue weighted by Crippen LogP contribution is -2.29. The van der Waals surface area contributed by atoms with Crippen molar-refractivity contribution in [1.82, 2.24) is 0 Å². The molecule has 55 heavy (non-hydrogen) atoms. The smallest absolute Gasteiger partial charge is 0.466 e. The highest BCUT2D eigenvalue weighted by molar-refractivity contribution is 7.47. The van der Waals surface area contributed by atoms with Crippen molar-refractivity contribution in [2.24, 2.45) is 5.73 Å². The van der Waals surface area contributed by atoms with Crippen LogP contribution in [0, 0.1) is 13.8 Å². The number of allylic oxidation sites excluding steroid dienone is 5. The highest BCUT2D eigenvalue weighted by Crippen LogP contribution is 2.43. The number of furan rings is 1. The summed E-state index contributed by atoms with van der Waals surface area (Å²) in [4.78, 5) is 35.1. The number of rotatable bonds is 34. The minimum absolute atomic E-state index is 0.0334. The lowest BCUT2D eigenvalue weighted by molar-refractivity contribution is -0.161. The molecule has 314 valence electrons. The van der Waals surface area contributed by atoms with Crippen LogP contribution in [0.25, 0.3) is 0 Å². The second-order valence-corrected chi connectivity index (χ2v) is 15.9. The zero-order chi connectivity index (χ0) is 40.2. The maximum atomic E-state index is 12.6. The molecule has 1 saturated heterocycles. The lowest BCUT2D eigenvalue weighted by Gasteiger charge is -2.19. The van der Waals surface area contributed by atoms with Crippen LogP contribution < -0.4 is 5.73 Å². The fourth-order valence-corrected chi connectivity index (χ4v) is 6.94. The predicted octanol–water partition coefficient (Wildman–Crippen LogP) is 10.0. The minimum Gasteiger partial charge on any atom is -0.466 e. The second-order valence-electron chi connectivity index (χ2n) is 14.5. The Morgan fingerprint density at radius 2 is 1.42 bits per heavy atom. The van der Waals surface area contributed by atoms with Gasteiger partial charge in [0.05, 0.1) is 25.4 Å². The first-order valence-electron chi connectivity index (χ1n) is 20.9. The summed E-state index contributed by atoms with van der Waals surface area (Å²) in [6, 6.07) is 0. The maximum absolute atomic E-state index is 12.6. The molecule has 2 rings (SSSR count). The van der Waals surface area contributed by atoms with Gasteiger partial charge in [-0.1, -0.05) is 88.8 Å². The number of unbranched alkanes of at least 4 members (excludes halogenated alkanes) is 8. The van der Waals surface area contributed by atoms with Gasteiger partial charge in [-0.2, -0.15) is 0 Å². The Morgan fingerprint density at radius 3 is 2.13 bits per heavy atom. The van der Waals surface area contributed by atoms with E-state index in [2.05, 4.69) is 64.2 Å². The van der Waals surface area contributed by atoms with Crippen molar-refractivity contribution >= 4 is 19.8 Å². The number of nitrogens with two attached hydrogens (primary N) is 1. The van der Waals surface area contributed by atoms with Crippen LogP contribution in [0.3, 0.4) is 0 Å². The molecular formula is C43H72NO10P. The van der Waals surface area contributed by atoms with Crippen LogP contribution in [0.4, 0.5) is 0 Å². The zero-order valence-electron chi connectivity index (χ0n) is 34.3. The Balaban J connectivity index is 1.62. The number of carbonyl (C=O) groups excluding carboxylic acids is 2. The molecule has 0 aromatic carbocycles. The molecule has 1 aliphatic heterocycles. The van der Waals surface area contributed by atoms with Gasteiger partial charge in [0.25, 0.3) is 0 Å². The number of hydrogen-bond acceptors (Lipinski definition) is 10. The number of phosphoric acid groups is 1. The van der Waals surface area contributed by atoms with E-state index in [1.807, 2.05) is 0 Å². The molecule has 0 spiro atoms. The summed E-state index contributed by atoms with van der Waals surface area (Å²) in [7, 11) is -4.41. The average Bonchev–Trinajstić information content (AvgIpc) is 3.86. The molecule has 11 nitrogen and oxygen atoms in total. The van der Waals surface area contributed by atoms with Crippen molar-refractivity contribution < 1.29 is 46.7 Å². The summed E-state index contributed by atoms with van der Waals surface area (Å²) >= 11 is 0. The van der Waals surface area contributed by atoms with Gasteiger partial charge in [0.1, 0.15) is 18.1 Å². The molecule has 0 amide bonds. The lowest BCUT2D eigenvalue weighted by atomic mass is 10.0. The fourth-order valence-electron chi connectivity index (χ4n) is 6.18. The molecule has 1 fully saturated rings. The quantitative estimate of drug-likeness (QED) is 0.0225. The van der Waals surface area contributed by atoms with Gasteiger partial charge in [0.15, 0.2) is 6.10 Å². The molecule has 1 aromatic rings. The first-order chi connectivity index (χ1) is 26.6. The molecule has 1 aromatic heterocycles. The van der Waals surface area contributed by atoms with Crippen molar-refractivity contribution in [1.29, 1.82) is 0 Å². The summed E-state index contributed by atoms with van der Waals surface area (Å²) in [5.41, 5.74) is 7.91. The third-order valence-electron chi connectivity index (χ3n) is 9.63. The normalized spacial score (nSPS) is 17.3. The van der Waals surface area contributed by atoms with Gasteiger partial charge < -0.3 is 29.3 Å². The van der Waals surface area contributed by atoms with E-state index in [1.165, 1.54) is 30.4 Å². The van der Waals surface area contributed by atoms with Crippen molar-refractivity contribution in [3.8, 4) is 0 Å². The van der Waals surface area contributed by atoms with Gasteiger partial charge in [-0.25, -0.2) is 4.57 Å². The molecule has 0 aliphatic carbocycles. The van der Waals surface area contributed by atoms with E-state index in [9.17, 15) is 19.0 Å². The molecule has 0 radical (unpaired) electrons. The number of esters is 2. The molecule has 3 unspecified atom stereocenters. The Bertz CT molecular complexity index is 1340. The van der Waals surface area contributed by atoms with Crippen LogP contribution >= 0.6 is 7.82 Å². The first kappa shape index (κ1) is 48.6. The fraction of sp³-hybridized carbons (Fsp3) is 0.721. The Hall–Kier alpha value is -2.53. The molecular weight excluding hydrogens is 721 g/mol. The number of hydrogen-bond donors (Lipinski definition) is 2. The maximum Gasteiger partial charge on any atom is 0.472 e. The Morgan fingerprint density at radius 1 is 0.764 bits per heavy atom. The largest absolute Gasteiger partial charge is 0.472 e. The predicted molar refractivity (Wildman–Crippen MR) is 218 cm³/mol. The SMILES string of the molecule is CCCCC/C=C\C/C=C\C/C=C\CC1OC1CCCC(=O)OC[C@H](COP(=O)(O)OCCN)OC(=O)CCCCCCCCc1oc(CCC)c(C)c1C. The van der Waals surface area contributed by atoms with Crippen molar-refractivity contribution in [3.05, 3.63) is 59.1 Å². The van der Waals surface area contributed by atoms with E-state index in [1.54, 1.807) is 0 Å². The van der Waals surface area contributed by atoms with Crippen LogP contribution in [0.15, 0.2) is 40.9 Å². The Labute approximate surface area is 331 Å². The van der Waals surface area contributed by atoms with Gasteiger partial charge in [-0.05, 0) is 89.2 Å². The Kier molecular flexibility index (Phi) is 26.2. The van der Waals surface area contributed by atoms with Gasteiger partial charge in [0, 0.05) is 32.2 Å². The number of carbonyl (C=O) groups is 2. The van der Waals surface area contributed by atoms with Crippen molar-refractivity contribution in [2.75, 3.05) is 26.4 Å². The van der Waals surface area contributed by atoms with Gasteiger partial charge in [-0.3, -0.25) is 18.6 Å². The van der Waals surface area contributed by atoms with Gasteiger partial charge >= 0.3 is 19.8 Å². The number of ether oxygens (including phenoxy) is 3. The molecule has 12 heteroatoms. The second kappa shape index (κ2) is 29.7. The third-order valence-corrected chi connectivity index (χ3v) is 10.6. The average molecular weight is 794 g/mol. The molecule has 2 heterocycles. The molecule has 1 aliphatic rings. The molecule has 0 saturated carbocycles. The van der Waals surface area contributed by atoms with Crippen LogP contribution in [0.5, 0.6) is 0 Å². The topological polar surface area (TPSA) is 160 Å². The van der Waals surface area contributed by atoms with Crippen molar-refractivity contribution in [2.45, 2.75) is 174 Å². The first-order valence-corrected chi connectivity index (χ1v) is 22.4. The molecule has 3 N–H and O–H groups in total. The highest BCUT2D eigenvalue weighted by atomic mass is 31.2.